The SMILES string of the molecule is CN(C(=O)C1C=CC(N)C1)C1CCCCC1O. The zero-order valence-electron chi connectivity index (χ0n) is 10.4. The Kier molecular flexibility index (Phi) is 3.84. The fraction of sp³-hybridized carbons (Fsp3) is 0.769. The van der Waals surface area contributed by atoms with Crippen molar-refractivity contribution in [2.24, 2.45) is 11.7 Å². The van der Waals surface area contributed by atoms with Gasteiger partial charge >= 0.3 is 0 Å². The number of carbonyl (C=O) groups excluding carboxylic acids is 1. The van der Waals surface area contributed by atoms with Gasteiger partial charge in [-0.2, -0.15) is 0 Å². The van der Waals surface area contributed by atoms with Gasteiger partial charge in [0.25, 0.3) is 0 Å². The number of carbonyl (C=O) groups is 1. The summed E-state index contributed by atoms with van der Waals surface area (Å²) in [7, 11) is 1.80. The van der Waals surface area contributed by atoms with Gasteiger partial charge in [-0.05, 0) is 19.3 Å². The van der Waals surface area contributed by atoms with Crippen LogP contribution in [0.4, 0.5) is 0 Å². The Bertz CT molecular complexity index is 317. The van der Waals surface area contributed by atoms with Crippen molar-refractivity contribution in [1.82, 2.24) is 4.90 Å². The van der Waals surface area contributed by atoms with Crippen LogP contribution in [-0.4, -0.2) is 41.1 Å². The van der Waals surface area contributed by atoms with Crippen molar-refractivity contribution in [3.8, 4) is 0 Å². The van der Waals surface area contributed by atoms with Crippen LogP contribution < -0.4 is 5.73 Å². The molecule has 1 amide bonds. The minimum atomic E-state index is -0.364. The Morgan fingerprint density at radius 3 is 2.65 bits per heavy atom. The molecule has 0 heterocycles. The highest BCUT2D eigenvalue weighted by Gasteiger charge is 2.33. The summed E-state index contributed by atoms with van der Waals surface area (Å²) < 4.78 is 0. The van der Waals surface area contributed by atoms with Crippen molar-refractivity contribution >= 4 is 5.91 Å². The Labute approximate surface area is 102 Å². The Balaban J connectivity index is 1.96. The van der Waals surface area contributed by atoms with Gasteiger partial charge in [0, 0.05) is 13.1 Å². The summed E-state index contributed by atoms with van der Waals surface area (Å²) >= 11 is 0. The molecule has 4 heteroatoms. The Morgan fingerprint density at radius 2 is 2.06 bits per heavy atom. The second-order valence-electron chi connectivity index (χ2n) is 5.26. The van der Waals surface area contributed by atoms with Crippen LogP contribution in [0.2, 0.25) is 0 Å². The molecular weight excluding hydrogens is 216 g/mol. The van der Waals surface area contributed by atoms with E-state index >= 15 is 0 Å². The van der Waals surface area contributed by atoms with Crippen molar-refractivity contribution in [1.29, 1.82) is 0 Å². The van der Waals surface area contributed by atoms with Crippen LogP contribution in [0.3, 0.4) is 0 Å². The molecule has 3 N–H and O–H groups in total. The molecule has 1 saturated carbocycles. The molecule has 0 bridgehead atoms. The molecule has 17 heavy (non-hydrogen) atoms. The molecule has 0 aromatic rings. The smallest absolute Gasteiger partial charge is 0.229 e. The number of likely N-dealkylation sites (N-methyl/N-ethyl adjacent to an activating group) is 1. The van der Waals surface area contributed by atoms with Gasteiger partial charge in [-0.1, -0.05) is 25.0 Å². The first-order valence-electron chi connectivity index (χ1n) is 6.48. The number of rotatable bonds is 2. The van der Waals surface area contributed by atoms with Crippen LogP contribution >= 0.6 is 0 Å². The molecule has 4 nitrogen and oxygen atoms in total. The van der Waals surface area contributed by atoms with Crippen molar-refractivity contribution in [2.75, 3.05) is 7.05 Å². The van der Waals surface area contributed by atoms with Crippen molar-refractivity contribution < 1.29 is 9.90 Å². The zero-order valence-corrected chi connectivity index (χ0v) is 10.4. The average Bonchev–Trinajstić information content (AvgIpc) is 2.75. The van der Waals surface area contributed by atoms with Crippen molar-refractivity contribution in [3.05, 3.63) is 12.2 Å². The quantitative estimate of drug-likeness (QED) is 0.694. The molecule has 0 aromatic heterocycles. The normalized spacial score (nSPS) is 37.1. The first-order chi connectivity index (χ1) is 8.09. The van der Waals surface area contributed by atoms with Gasteiger partial charge in [0.05, 0.1) is 18.1 Å². The van der Waals surface area contributed by atoms with Gasteiger partial charge < -0.3 is 15.7 Å². The monoisotopic (exact) mass is 238 g/mol. The van der Waals surface area contributed by atoms with Gasteiger partial charge in [0.1, 0.15) is 0 Å². The van der Waals surface area contributed by atoms with Gasteiger partial charge in [0.2, 0.25) is 5.91 Å². The number of aliphatic hydroxyl groups excluding tert-OH is 1. The van der Waals surface area contributed by atoms with E-state index in [2.05, 4.69) is 0 Å². The molecular formula is C13H22N2O2. The lowest BCUT2D eigenvalue weighted by molar-refractivity contribution is -0.138. The number of amides is 1. The average molecular weight is 238 g/mol. The molecule has 2 rings (SSSR count). The van der Waals surface area contributed by atoms with E-state index in [1.54, 1.807) is 11.9 Å². The lowest BCUT2D eigenvalue weighted by Crippen LogP contribution is -2.48. The van der Waals surface area contributed by atoms with E-state index in [0.29, 0.717) is 6.42 Å². The molecule has 4 atom stereocenters. The summed E-state index contributed by atoms with van der Waals surface area (Å²) in [5.74, 6) is 0.00396. The van der Waals surface area contributed by atoms with Crippen LogP contribution in [0.25, 0.3) is 0 Å². The molecule has 2 aliphatic rings. The van der Waals surface area contributed by atoms with Gasteiger partial charge in [0.15, 0.2) is 0 Å². The van der Waals surface area contributed by atoms with Gasteiger partial charge in [-0.25, -0.2) is 0 Å². The summed E-state index contributed by atoms with van der Waals surface area (Å²) in [5, 5.41) is 9.95. The van der Waals surface area contributed by atoms with Crippen molar-refractivity contribution in [2.45, 2.75) is 50.3 Å². The first-order valence-corrected chi connectivity index (χ1v) is 6.48. The fourth-order valence-corrected chi connectivity index (χ4v) is 2.88. The summed E-state index contributed by atoms with van der Waals surface area (Å²) in [6.07, 6.45) is 8.01. The molecule has 0 radical (unpaired) electrons. The lowest BCUT2D eigenvalue weighted by Gasteiger charge is -2.36. The maximum absolute atomic E-state index is 12.2. The summed E-state index contributed by atoms with van der Waals surface area (Å²) in [6.45, 7) is 0. The Morgan fingerprint density at radius 1 is 1.35 bits per heavy atom. The molecule has 0 saturated heterocycles. The van der Waals surface area contributed by atoms with Crippen LogP contribution in [0.5, 0.6) is 0 Å². The highest BCUT2D eigenvalue weighted by atomic mass is 16.3. The second-order valence-corrected chi connectivity index (χ2v) is 5.26. The van der Waals surface area contributed by atoms with E-state index < -0.39 is 0 Å². The minimum absolute atomic E-state index is 0.00799. The molecule has 0 aromatic carbocycles. The Hall–Kier alpha value is -0.870. The van der Waals surface area contributed by atoms with E-state index in [1.807, 2.05) is 12.2 Å². The largest absolute Gasteiger partial charge is 0.391 e. The molecule has 96 valence electrons. The fourth-order valence-electron chi connectivity index (χ4n) is 2.88. The third kappa shape index (κ3) is 2.69. The molecule has 4 unspecified atom stereocenters. The van der Waals surface area contributed by atoms with Crippen LogP contribution in [0.1, 0.15) is 32.1 Å². The molecule has 0 aliphatic heterocycles. The molecule has 0 spiro atoms. The van der Waals surface area contributed by atoms with E-state index in [9.17, 15) is 9.90 Å². The van der Waals surface area contributed by atoms with Crippen molar-refractivity contribution in [3.63, 3.8) is 0 Å². The predicted octanol–water partition coefficient (Wildman–Crippen LogP) is 0.652. The maximum Gasteiger partial charge on any atom is 0.229 e. The minimum Gasteiger partial charge on any atom is -0.391 e. The summed E-state index contributed by atoms with van der Waals surface area (Å²) in [4.78, 5) is 14.0. The first kappa shape index (κ1) is 12.6. The highest BCUT2D eigenvalue weighted by Crippen LogP contribution is 2.26. The van der Waals surface area contributed by atoms with Crippen LogP contribution in [0.15, 0.2) is 12.2 Å². The zero-order chi connectivity index (χ0) is 12.4. The number of nitrogens with two attached hydrogens (primary N) is 1. The highest BCUT2D eigenvalue weighted by molar-refractivity contribution is 5.81. The maximum atomic E-state index is 12.2. The summed E-state index contributed by atoms with van der Waals surface area (Å²) in [6, 6.07) is -0.00453. The topological polar surface area (TPSA) is 66.6 Å². The van der Waals surface area contributed by atoms with Gasteiger partial charge in [-0.3, -0.25) is 4.79 Å². The standard InChI is InChI=1S/C13H22N2O2/c1-15(11-4-2-3-5-12(11)16)13(17)9-6-7-10(14)8-9/h6-7,9-12,16H,2-5,8,14H2,1H3. The van der Waals surface area contributed by atoms with Gasteiger partial charge in [-0.15, -0.1) is 0 Å². The number of aliphatic hydroxyl groups is 1. The number of hydrogen-bond donors (Lipinski definition) is 2. The molecule has 2 aliphatic carbocycles. The number of nitrogens with zero attached hydrogens (tertiary/aromatic N) is 1. The third-order valence-corrected chi connectivity index (χ3v) is 3.97. The van der Waals surface area contributed by atoms with Crippen LogP contribution in [-0.2, 0) is 4.79 Å². The van der Waals surface area contributed by atoms with Crippen LogP contribution in [0, 0.1) is 5.92 Å². The second kappa shape index (κ2) is 5.19. The lowest BCUT2D eigenvalue weighted by atomic mass is 9.91. The van der Waals surface area contributed by atoms with E-state index in [1.165, 1.54) is 0 Å². The van der Waals surface area contributed by atoms with E-state index in [-0.39, 0.29) is 30.0 Å². The molecule has 1 fully saturated rings. The summed E-state index contributed by atoms with van der Waals surface area (Å²) in [5.41, 5.74) is 5.76. The number of hydrogen-bond acceptors (Lipinski definition) is 3. The van der Waals surface area contributed by atoms with E-state index in [0.717, 1.165) is 25.7 Å². The predicted molar refractivity (Wildman–Crippen MR) is 66.3 cm³/mol. The van der Waals surface area contributed by atoms with E-state index in [4.69, 9.17) is 5.73 Å². The third-order valence-electron chi connectivity index (χ3n) is 3.97.